The minimum Gasteiger partial charge on any atom is -0.384 e. The normalized spacial score (nSPS) is 19.3. The van der Waals surface area contributed by atoms with Gasteiger partial charge in [0.2, 0.25) is 0 Å². The highest BCUT2D eigenvalue weighted by Gasteiger charge is 2.40. The van der Waals surface area contributed by atoms with Gasteiger partial charge in [-0.1, -0.05) is 31.2 Å². The van der Waals surface area contributed by atoms with E-state index in [1.54, 1.807) is 11.1 Å². The highest BCUT2D eigenvalue weighted by Crippen LogP contribution is 2.45. The number of carbonyl (C=O) groups is 1. The van der Waals surface area contributed by atoms with Gasteiger partial charge in [0.05, 0.1) is 17.6 Å². The van der Waals surface area contributed by atoms with Gasteiger partial charge < -0.3 is 5.73 Å². The topological polar surface area (TPSA) is 83.0 Å². The lowest BCUT2D eigenvalue weighted by molar-refractivity contribution is -0.116. The monoisotopic (exact) mass is 448 g/mol. The third-order valence-electron chi connectivity index (χ3n) is 5.58. The second-order valence-electron chi connectivity index (χ2n) is 7.25. The van der Waals surface area contributed by atoms with Gasteiger partial charge in [-0.05, 0) is 58.5 Å². The zero-order valence-corrected chi connectivity index (χ0v) is 17.7. The van der Waals surface area contributed by atoms with Gasteiger partial charge in [0.25, 0.3) is 0 Å². The number of nitrogens with zero attached hydrogens (tertiary/aromatic N) is 3. The lowest BCUT2D eigenvalue weighted by Gasteiger charge is -2.39. The van der Waals surface area contributed by atoms with E-state index in [-0.39, 0.29) is 5.78 Å². The van der Waals surface area contributed by atoms with E-state index in [0.717, 1.165) is 35.0 Å². The molecule has 0 saturated carbocycles. The van der Waals surface area contributed by atoms with Crippen molar-refractivity contribution in [3.8, 4) is 6.07 Å². The summed E-state index contributed by atoms with van der Waals surface area (Å²) in [6.07, 6.45) is 4.60. The molecule has 1 aliphatic heterocycles. The number of aromatic nitrogens is 1. The first-order chi connectivity index (χ1) is 14.0. The van der Waals surface area contributed by atoms with Crippen LogP contribution in [0.5, 0.6) is 0 Å². The molecule has 29 heavy (non-hydrogen) atoms. The van der Waals surface area contributed by atoms with Crippen LogP contribution in [0.15, 0.2) is 69.7 Å². The van der Waals surface area contributed by atoms with Crippen LogP contribution in [0.1, 0.15) is 43.2 Å². The maximum atomic E-state index is 13.0. The molecule has 4 rings (SSSR count). The number of aryl methyl sites for hydroxylation is 1. The molecule has 1 aliphatic carbocycles. The molecule has 1 atom stereocenters. The number of rotatable bonds is 3. The highest BCUT2D eigenvalue weighted by atomic mass is 79.9. The van der Waals surface area contributed by atoms with Gasteiger partial charge in [-0.3, -0.25) is 9.69 Å². The molecule has 6 heteroatoms. The first kappa shape index (κ1) is 19.4. The zero-order valence-electron chi connectivity index (χ0n) is 16.2. The van der Waals surface area contributed by atoms with Gasteiger partial charge >= 0.3 is 0 Å². The van der Waals surface area contributed by atoms with Crippen LogP contribution in [0.4, 0.5) is 5.82 Å². The number of carbonyl (C=O) groups excluding carboxylic acids is 1. The zero-order chi connectivity index (χ0) is 20.5. The highest BCUT2D eigenvalue weighted by molar-refractivity contribution is 9.10. The second kappa shape index (κ2) is 7.84. The number of nitriles is 1. The van der Waals surface area contributed by atoms with Crippen LogP contribution in [0.2, 0.25) is 0 Å². The van der Waals surface area contributed by atoms with E-state index in [4.69, 9.17) is 5.73 Å². The predicted molar refractivity (Wildman–Crippen MR) is 116 cm³/mol. The van der Waals surface area contributed by atoms with Gasteiger partial charge in [0, 0.05) is 28.4 Å². The maximum absolute atomic E-state index is 13.0. The Morgan fingerprint density at radius 3 is 2.62 bits per heavy atom. The summed E-state index contributed by atoms with van der Waals surface area (Å²) in [7, 11) is 0. The number of hydrogen-bond donors (Lipinski definition) is 1. The van der Waals surface area contributed by atoms with E-state index in [1.807, 2.05) is 24.3 Å². The van der Waals surface area contributed by atoms with E-state index in [2.05, 4.69) is 46.0 Å². The molecule has 2 heterocycles. The Kier molecular flexibility index (Phi) is 5.25. The van der Waals surface area contributed by atoms with Crippen molar-refractivity contribution >= 4 is 27.5 Å². The van der Waals surface area contributed by atoms with Crippen molar-refractivity contribution in [2.45, 2.75) is 38.5 Å². The Morgan fingerprint density at radius 2 is 2.00 bits per heavy atom. The maximum Gasteiger partial charge on any atom is 0.161 e. The fourth-order valence-electron chi connectivity index (χ4n) is 4.13. The van der Waals surface area contributed by atoms with Crippen LogP contribution >= 0.6 is 15.9 Å². The number of allylic oxidation sites excluding steroid dienone is 3. The van der Waals surface area contributed by atoms with Crippen LogP contribution in [-0.2, 0) is 11.2 Å². The molecular weight excluding hydrogens is 428 g/mol. The van der Waals surface area contributed by atoms with E-state index < -0.39 is 5.92 Å². The Bertz CT molecular complexity index is 1060. The summed E-state index contributed by atoms with van der Waals surface area (Å²) >= 11 is 3.40. The van der Waals surface area contributed by atoms with Crippen LogP contribution in [0.3, 0.4) is 0 Å². The molecule has 146 valence electrons. The van der Waals surface area contributed by atoms with Crippen molar-refractivity contribution in [1.29, 1.82) is 5.26 Å². The summed E-state index contributed by atoms with van der Waals surface area (Å²) in [5.74, 6) is 0.611. The minimum absolute atomic E-state index is 0.0816. The molecule has 2 aliphatic rings. The van der Waals surface area contributed by atoms with Gasteiger partial charge in [-0.15, -0.1) is 0 Å². The molecule has 1 aromatic heterocycles. The second-order valence-corrected chi connectivity index (χ2v) is 8.16. The first-order valence-corrected chi connectivity index (χ1v) is 10.5. The Balaban J connectivity index is 1.92. The molecule has 1 aromatic carbocycles. The Labute approximate surface area is 178 Å². The third kappa shape index (κ3) is 3.36. The van der Waals surface area contributed by atoms with Gasteiger partial charge in [-0.2, -0.15) is 5.26 Å². The molecule has 0 unspecified atom stereocenters. The first-order valence-electron chi connectivity index (χ1n) is 9.71. The summed E-state index contributed by atoms with van der Waals surface area (Å²) in [5.41, 5.74) is 10.6. The van der Waals surface area contributed by atoms with Crippen molar-refractivity contribution in [3.05, 3.63) is 80.9 Å². The molecule has 5 nitrogen and oxygen atoms in total. The van der Waals surface area contributed by atoms with Crippen molar-refractivity contribution < 1.29 is 4.79 Å². The van der Waals surface area contributed by atoms with E-state index in [1.165, 1.54) is 5.56 Å². The van der Waals surface area contributed by atoms with Crippen molar-refractivity contribution in [3.63, 3.8) is 0 Å². The lowest BCUT2D eigenvalue weighted by atomic mass is 9.75. The van der Waals surface area contributed by atoms with Gasteiger partial charge in [0.15, 0.2) is 5.78 Å². The van der Waals surface area contributed by atoms with Crippen LogP contribution < -0.4 is 10.6 Å². The molecule has 0 spiro atoms. The SMILES string of the molecule is CCc1ccc([C@@H]2C(C#N)=C(N)N(c3ccc(Br)cn3)C3=C2C(=O)CCC3)cc1. The minimum atomic E-state index is -0.430. The molecule has 2 aromatic rings. The quantitative estimate of drug-likeness (QED) is 0.734. The van der Waals surface area contributed by atoms with Crippen LogP contribution in [0, 0.1) is 11.3 Å². The van der Waals surface area contributed by atoms with Crippen LogP contribution in [0.25, 0.3) is 0 Å². The number of nitrogens with two attached hydrogens (primary N) is 1. The fraction of sp³-hybridized carbons (Fsp3) is 0.261. The van der Waals surface area contributed by atoms with Crippen molar-refractivity contribution in [2.24, 2.45) is 5.73 Å². The molecule has 0 amide bonds. The summed E-state index contributed by atoms with van der Waals surface area (Å²) in [6.45, 7) is 2.10. The lowest BCUT2D eigenvalue weighted by Crippen LogP contribution is -2.39. The number of anilines is 1. The number of Topliss-reactive ketones (excluding diaryl/α,β-unsaturated/α-hetero) is 1. The predicted octanol–water partition coefficient (Wildman–Crippen LogP) is 4.71. The number of pyridine rings is 1. The van der Waals surface area contributed by atoms with Crippen LogP contribution in [-0.4, -0.2) is 10.8 Å². The molecule has 0 bridgehead atoms. The van der Waals surface area contributed by atoms with Crippen molar-refractivity contribution in [2.75, 3.05) is 4.90 Å². The number of benzene rings is 1. The third-order valence-corrected chi connectivity index (χ3v) is 6.04. The Morgan fingerprint density at radius 1 is 1.24 bits per heavy atom. The van der Waals surface area contributed by atoms with E-state index >= 15 is 0 Å². The standard InChI is InChI=1S/C23H21BrN4O/c1-2-14-6-8-15(9-7-14)21-17(12-25)23(26)28(20-11-10-16(24)13-27-20)18-4-3-5-19(29)22(18)21/h6-11,13,21H,2-5,26H2,1H3/t21-/m1/s1. The summed E-state index contributed by atoms with van der Waals surface area (Å²) in [6, 6.07) is 14.1. The van der Waals surface area contributed by atoms with E-state index in [9.17, 15) is 10.1 Å². The molecule has 2 N–H and O–H groups in total. The molecule has 0 radical (unpaired) electrons. The number of ketones is 1. The average molecular weight is 449 g/mol. The van der Waals surface area contributed by atoms with Gasteiger partial charge in [-0.25, -0.2) is 4.98 Å². The smallest absolute Gasteiger partial charge is 0.161 e. The molecule has 0 fully saturated rings. The Hall–Kier alpha value is -2.91. The summed E-state index contributed by atoms with van der Waals surface area (Å²) in [4.78, 5) is 19.3. The average Bonchev–Trinajstić information content (AvgIpc) is 2.74. The fourth-order valence-corrected chi connectivity index (χ4v) is 4.36. The molecule has 0 saturated heterocycles. The number of halogens is 1. The molecular formula is C23H21BrN4O. The van der Waals surface area contributed by atoms with Gasteiger partial charge in [0.1, 0.15) is 11.6 Å². The largest absolute Gasteiger partial charge is 0.384 e. The summed E-state index contributed by atoms with van der Waals surface area (Å²) in [5, 5.41) is 10.0. The summed E-state index contributed by atoms with van der Waals surface area (Å²) < 4.78 is 0.851. The van der Waals surface area contributed by atoms with Crippen molar-refractivity contribution in [1.82, 2.24) is 4.98 Å². The number of hydrogen-bond acceptors (Lipinski definition) is 5. The van der Waals surface area contributed by atoms with E-state index in [0.29, 0.717) is 29.2 Å².